The van der Waals surface area contributed by atoms with E-state index in [9.17, 15) is 37.7 Å². The van der Waals surface area contributed by atoms with Crippen molar-refractivity contribution >= 4 is 23.4 Å². The molecule has 11 heteroatoms. The molecule has 0 unspecified atom stereocenters. The number of imide groups is 1. The van der Waals surface area contributed by atoms with E-state index in [1.807, 2.05) is 0 Å². The number of carbonyl (C=O) groups excluding carboxylic acids is 3. The fraction of sp³-hybridized carbons (Fsp3) is 0.438. The molecule has 1 aliphatic heterocycles. The van der Waals surface area contributed by atoms with Crippen molar-refractivity contribution in [1.82, 2.24) is 9.80 Å². The van der Waals surface area contributed by atoms with Gasteiger partial charge in [0.1, 0.15) is 18.7 Å². The Kier molecular flexibility index (Phi) is 5.82. The molecule has 1 aromatic rings. The summed E-state index contributed by atoms with van der Waals surface area (Å²) in [5.74, 6) is -3.08. The van der Waals surface area contributed by atoms with Gasteiger partial charge in [-0.15, -0.1) is 0 Å². The number of unbranched alkanes of at least 4 members (excludes halogenated alkanes) is 1. The molecule has 0 saturated carbocycles. The molecule has 0 aromatic heterocycles. The second-order valence-corrected chi connectivity index (χ2v) is 5.94. The average molecular weight is 387 g/mol. The number of hydrogen-bond acceptors (Lipinski definition) is 5. The van der Waals surface area contributed by atoms with Crippen LogP contribution in [0.25, 0.3) is 0 Å². The number of benzene rings is 1. The highest BCUT2D eigenvalue weighted by atomic mass is 19.4. The molecule has 0 N–H and O–H groups in total. The highest BCUT2D eigenvalue weighted by Crippen LogP contribution is 2.30. The normalized spacial score (nSPS) is 13.7. The van der Waals surface area contributed by atoms with Gasteiger partial charge in [-0.05, 0) is 12.5 Å². The van der Waals surface area contributed by atoms with E-state index in [0.29, 0.717) is 22.6 Å². The third-order valence-corrected chi connectivity index (χ3v) is 3.97. The maximum absolute atomic E-state index is 12.7. The van der Waals surface area contributed by atoms with E-state index >= 15 is 0 Å². The number of nitro benzene ring substituents is 1. The number of hydrogen-bond donors (Lipinski definition) is 0. The second-order valence-electron chi connectivity index (χ2n) is 5.94. The van der Waals surface area contributed by atoms with Crippen molar-refractivity contribution in [2.24, 2.45) is 0 Å². The quantitative estimate of drug-likeness (QED) is 0.406. The van der Waals surface area contributed by atoms with Crippen molar-refractivity contribution in [1.29, 1.82) is 0 Å². The Morgan fingerprint density at radius 2 is 1.93 bits per heavy atom. The SMILES string of the molecule is CCCCN(CC(F)(F)F)C(=O)CN1C(=O)c2cccc([N+](=O)[O-])c2C1=O. The van der Waals surface area contributed by atoms with Gasteiger partial charge >= 0.3 is 6.18 Å². The molecular weight excluding hydrogens is 371 g/mol. The lowest BCUT2D eigenvalue weighted by atomic mass is 10.1. The molecule has 0 aliphatic carbocycles. The molecule has 146 valence electrons. The van der Waals surface area contributed by atoms with E-state index in [2.05, 4.69) is 0 Å². The van der Waals surface area contributed by atoms with Crippen molar-refractivity contribution in [3.05, 3.63) is 39.4 Å². The first-order chi connectivity index (χ1) is 12.6. The molecule has 3 amide bonds. The first-order valence-corrected chi connectivity index (χ1v) is 8.05. The van der Waals surface area contributed by atoms with Crippen LogP contribution in [0.15, 0.2) is 18.2 Å². The highest BCUT2D eigenvalue weighted by molar-refractivity contribution is 6.24. The number of carbonyl (C=O) groups is 3. The third kappa shape index (κ3) is 4.41. The fourth-order valence-corrected chi connectivity index (χ4v) is 2.70. The Balaban J connectivity index is 2.24. The van der Waals surface area contributed by atoms with Gasteiger partial charge in [-0.2, -0.15) is 13.2 Å². The van der Waals surface area contributed by atoms with Gasteiger partial charge in [0.15, 0.2) is 0 Å². The van der Waals surface area contributed by atoms with Crippen LogP contribution in [0.4, 0.5) is 18.9 Å². The minimum atomic E-state index is -4.63. The standard InChI is InChI=1S/C16H16F3N3O5/c1-2-3-7-20(9-16(17,18)19)12(23)8-21-14(24)10-5-4-6-11(22(26)27)13(10)15(21)25/h4-6H,2-3,7-9H2,1H3. The summed E-state index contributed by atoms with van der Waals surface area (Å²) in [6.07, 6.45) is -3.78. The van der Waals surface area contributed by atoms with Gasteiger partial charge in [-0.1, -0.05) is 19.4 Å². The van der Waals surface area contributed by atoms with E-state index in [4.69, 9.17) is 0 Å². The zero-order valence-electron chi connectivity index (χ0n) is 14.3. The average Bonchev–Trinajstić information content (AvgIpc) is 2.82. The molecular formula is C16H16F3N3O5. The van der Waals surface area contributed by atoms with Gasteiger partial charge in [0.2, 0.25) is 5.91 Å². The molecule has 0 fully saturated rings. The lowest BCUT2D eigenvalue weighted by Crippen LogP contribution is -2.46. The van der Waals surface area contributed by atoms with Crippen molar-refractivity contribution < 1.29 is 32.5 Å². The van der Waals surface area contributed by atoms with E-state index in [-0.39, 0.29) is 12.1 Å². The van der Waals surface area contributed by atoms with Crippen molar-refractivity contribution in [3.63, 3.8) is 0 Å². The van der Waals surface area contributed by atoms with E-state index in [1.165, 1.54) is 12.1 Å². The largest absolute Gasteiger partial charge is 0.406 e. The van der Waals surface area contributed by atoms with Crippen LogP contribution in [0, 0.1) is 10.1 Å². The monoisotopic (exact) mass is 387 g/mol. The summed E-state index contributed by atoms with van der Waals surface area (Å²) < 4.78 is 38.1. The summed E-state index contributed by atoms with van der Waals surface area (Å²) in [6.45, 7) is -0.865. The smallest absolute Gasteiger partial charge is 0.332 e. The van der Waals surface area contributed by atoms with Crippen LogP contribution in [-0.2, 0) is 4.79 Å². The van der Waals surface area contributed by atoms with Gasteiger partial charge in [0.05, 0.1) is 10.5 Å². The van der Waals surface area contributed by atoms with Crippen molar-refractivity contribution in [3.8, 4) is 0 Å². The number of halogens is 3. The van der Waals surface area contributed by atoms with Gasteiger partial charge in [0, 0.05) is 12.6 Å². The summed E-state index contributed by atoms with van der Waals surface area (Å²) in [5.41, 5.74) is -1.31. The Labute approximate surface area is 151 Å². The van der Waals surface area contributed by atoms with Crippen LogP contribution in [0.1, 0.15) is 40.5 Å². The number of alkyl halides is 3. The van der Waals surface area contributed by atoms with Crippen LogP contribution in [0.3, 0.4) is 0 Å². The van der Waals surface area contributed by atoms with E-state index < -0.39 is 53.2 Å². The lowest BCUT2D eigenvalue weighted by molar-refractivity contribution is -0.385. The number of nitro groups is 1. The van der Waals surface area contributed by atoms with Gasteiger partial charge in [0.25, 0.3) is 17.5 Å². The minimum absolute atomic E-state index is 0.182. The van der Waals surface area contributed by atoms with Crippen LogP contribution < -0.4 is 0 Å². The molecule has 1 aromatic carbocycles. The van der Waals surface area contributed by atoms with E-state index in [1.54, 1.807) is 6.92 Å². The van der Waals surface area contributed by atoms with Gasteiger partial charge in [-0.25, -0.2) is 0 Å². The first kappa shape index (κ1) is 20.3. The summed E-state index contributed by atoms with van der Waals surface area (Å²) >= 11 is 0. The number of fused-ring (bicyclic) bond motifs is 1. The van der Waals surface area contributed by atoms with Crippen molar-refractivity contribution in [2.45, 2.75) is 25.9 Å². The number of amides is 3. The van der Waals surface area contributed by atoms with Crippen LogP contribution in [-0.4, -0.2) is 58.3 Å². The lowest BCUT2D eigenvalue weighted by Gasteiger charge is -2.25. The first-order valence-electron chi connectivity index (χ1n) is 8.05. The van der Waals surface area contributed by atoms with Crippen LogP contribution in [0.5, 0.6) is 0 Å². The molecule has 0 radical (unpaired) electrons. The Bertz CT molecular complexity index is 794. The fourth-order valence-electron chi connectivity index (χ4n) is 2.70. The third-order valence-electron chi connectivity index (χ3n) is 3.97. The molecule has 0 saturated heterocycles. The Hall–Kier alpha value is -2.98. The topological polar surface area (TPSA) is 101 Å². The molecule has 27 heavy (non-hydrogen) atoms. The maximum Gasteiger partial charge on any atom is 0.406 e. The van der Waals surface area contributed by atoms with Crippen LogP contribution in [0.2, 0.25) is 0 Å². The van der Waals surface area contributed by atoms with Gasteiger partial charge in [-0.3, -0.25) is 29.4 Å². The van der Waals surface area contributed by atoms with Crippen molar-refractivity contribution in [2.75, 3.05) is 19.6 Å². The molecule has 0 atom stereocenters. The molecule has 8 nitrogen and oxygen atoms in total. The molecule has 1 aliphatic rings. The predicted molar refractivity (Wildman–Crippen MR) is 86.0 cm³/mol. The van der Waals surface area contributed by atoms with Gasteiger partial charge < -0.3 is 4.90 Å². The molecule has 0 spiro atoms. The summed E-state index contributed by atoms with van der Waals surface area (Å²) in [6, 6.07) is 3.44. The van der Waals surface area contributed by atoms with E-state index in [0.717, 1.165) is 6.07 Å². The predicted octanol–water partition coefficient (Wildman–Crippen LogP) is 2.38. The second kappa shape index (κ2) is 7.72. The van der Waals surface area contributed by atoms with Crippen LogP contribution >= 0.6 is 0 Å². The minimum Gasteiger partial charge on any atom is -0.332 e. The number of rotatable bonds is 7. The molecule has 2 rings (SSSR count). The Morgan fingerprint density at radius 1 is 1.26 bits per heavy atom. The summed E-state index contributed by atoms with van der Waals surface area (Å²) in [5, 5.41) is 11.0. The molecule has 0 bridgehead atoms. The number of nitrogens with zero attached hydrogens (tertiary/aromatic N) is 3. The Morgan fingerprint density at radius 3 is 2.48 bits per heavy atom. The summed E-state index contributed by atoms with van der Waals surface area (Å²) in [7, 11) is 0. The zero-order valence-corrected chi connectivity index (χ0v) is 14.3. The highest BCUT2D eigenvalue weighted by Gasteiger charge is 2.43. The maximum atomic E-state index is 12.7. The molecule has 1 heterocycles. The summed E-state index contributed by atoms with van der Waals surface area (Å²) in [4.78, 5) is 48.2. The zero-order chi connectivity index (χ0) is 20.4.